The van der Waals surface area contributed by atoms with Crippen LogP contribution >= 0.6 is 15.9 Å². The summed E-state index contributed by atoms with van der Waals surface area (Å²) in [5.41, 5.74) is 1.68. The maximum Gasteiger partial charge on any atom is 0.291 e. The number of fused-ring (bicyclic) bond motifs is 1. The first-order valence-electron chi connectivity index (χ1n) is 8.88. The Labute approximate surface area is 172 Å². The highest BCUT2D eigenvalue weighted by Gasteiger charge is 2.24. The van der Waals surface area contributed by atoms with Crippen molar-refractivity contribution in [2.75, 3.05) is 18.4 Å². The first kappa shape index (κ1) is 20.6. The quantitative estimate of drug-likeness (QED) is 0.568. The summed E-state index contributed by atoms with van der Waals surface area (Å²) in [6.45, 7) is 6.12. The number of aryl methyl sites for hydroxylation is 1. The Hall–Kier alpha value is -2.16. The van der Waals surface area contributed by atoms with Gasteiger partial charge in [-0.3, -0.25) is 4.79 Å². The van der Waals surface area contributed by atoms with Crippen molar-refractivity contribution >= 4 is 48.5 Å². The summed E-state index contributed by atoms with van der Waals surface area (Å²) in [6.07, 6.45) is 0. The molecule has 1 heterocycles. The Morgan fingerprint density at radius 2 is 1.82 bits per heavy atom. The van der Waals surface area contributed by atoms with E-state index >= 15 is 0 Å². The zero-order valence-corrected chi connectivity index (χ0v) is 18.2. The van der Waals surface area contributed by atoms with E-state index < -0.39 is 15.9 Å². The van der Waals surface area contributed by atoms with Gasteiger partial charge in [0, 0.05) is 28.5 Å². The molecule has 0 bridgehead atoms. The van der Waals surface area contributed by atoms with Crippen LogP contribution in [0.2, 0.25) is 0 Å². The second kappa shape index (κ2) is 8.06. The highest BCUT2D eigenvalue weighted by atomic mass is 79.9. The highest BCUT2D eigenvalue weighted by Crippen LogP contribution is 2.30. The van der Waals surface area contributed by atoms with Gasteiger partial charge in [-0.05, 0) is 53.2 Å². The largest absolute Gasteiger partial charge is 0.451 e. The maximum atomic E-state index is 12.8. The third-order valence-corrected chi connectivity index (χ3v) is 7.32. The van der Waals surface area contributed by atoms with E-state index in [1.807, 2.05) is 18.2 Å². The van der Waals surface area contributed by atoms with Gasteiger partial charge in [-0.25, -0.2) is 8.42 Å². The number of anilines is 1. The smallest absolute Gasteiger partial charge is 0.291 e. The third-order valence-electron chi connectivity index (χ3n) is 4.58. The fraction of sp³-hybridized carbons (Fsp3) is 0.250. The van der Waals surface area contributed by atoms with E-state index in [1.54, 1.807) is 39.0 Å². The summed E-state index contributed by atoms with van der Waals surface area (Å²) in [5, 5.41) is 3.41. The second-order valence-electron chi connectivity index (χ2n) is 6.24. The van der Waals surface area contributed by atoms with Crippen LogP contribution < -0.4 is 5.32 Å². The molecule has 0 aliphatic carbocycles. The number of para-hydroxylation sites is 1. The van der Waals surface area contributed by atoms with Gasteiger partial charge in [0.15, 0.2) is 5.76 Å². The summed E-state index contributed by atoms with van der Waals surface area (Å²) in [7, 11) is -3.59. The number of benzene rings is 2. The molecule has 1 N–H and O–H groups in total. The Kier molecular flexibility index (Phi) is 5.92. The number of halogens is 1. The minimum Gasteiger partial charge on any atom is -0.451 e. The van der Waals surface area contributed by atoms with Gasteiger partial charge >= 0.3 is 0 Å². The maximum absolute atomic E-state index is 12.8. The van der Waals surface area contributed by atoms with Crippen LogP contribution in [0, 0.1) is 6.92 Å². The minimum absolute atomic E-state index is 0.156. The molecule has 0 atom stereocenters. The molecular formula is C20H21BrN2O4S. The lowest BCUT2D eigenvalue weighted by Crippen LogP contribution is -2.30. The molecule has 0 aliphatic rings. The Morgan fingerprint density at radius 1 is 1.14 bits per heavy atom. The van der Waals surface area contributed by atoms with E-state index in [2.05, 4.69) is 21.2 Å². The van der Waals surface area contributed by atoms with Crippen LogP contribution in [0.5, 0.6) is 0 Å². The number of nitrogens with one attached hydrogen (secondary N) is 1. The van der Waals surface area contributed by atoms with Crippen molar-refractivity contribution in [1.29, 1.82) is 0 Å². The molecule has 6 nitrogen and oxygen atoms in total. The number of nitrogens with zero attached hydrogens (tertiary/aromatic N) is 1. The molecule has 8 heteroatoms. The van der Waals surface area contributed by atoms with Crippen molar-refractivity contribution in [3.63, 3.8) is 0 Å². The van der Waals surface area contributed by atoms with Crippen LogP contribution in [0.25, 0.3) is 11.0 Å². The molecule has 0 saturated heterocycles. The zero-order valence-electron chi connectivity index (χ0n) is 15.8. The molecule has 1 aromatic heterocycles. The van der Waals surface area contributed by atoms with Crippen molar-refractivity contribution < 1.29 is 17.6 Å². The summed E-state index contributed by atoms with van der Waals surface area (Å²) >= 11 is 3.39. The molecule has 148 valence electrons. The predicted octanol–water partition coefficient (Wildman–Crippen LogP) is 4.79. The first-order chi connectivity index (χ1) is 13.3. The van der Waals surface area contributed by atoms with Crippen LogP contribution in [0.15, 0.2) is 56.2 Å². The standard InChI is InChI=1S/C20H21BrN2O4S/c1-4-23(5-2)28(25,26)14-10-11-18-15(12-14)13(3)19(27-18)20(24)22-17-9-7-6-8-16(17)21/h6-12H,4-5H2,1-3H3,(H,22,24). The number of carbonyl (C=O) groups excluding carboxylic acids is 1. The second-order valence-corrected chi connectivity index (χ2v) is 9.03. The van der Waals surface area contributed by atoms with Crippen molar-refractivity contribution in [2.45, 2.75) is 25.7 Å². The van der Waals surface area contributed by atoms with E-state index in [-0.39, 0.29) is 10.7 Å². The molecule has 0 radical (unpaired) electrons. The van der Waals surface area contributed by atoms with Crippen molar-refractivity contribution in [1.82, 2.24) is 4.31 Å². The Bertz CT molecular complexity index is 1130. The van der Waals surface area contributed by atoms with Crippen LogP contribution in [0.1, 0.15) is 30.0 Å². The van der Waals surface area contributed by atoms with Gasteiger partial charge in [0.2, 0.25) is 10.0 Å². The van der Waals surface area contributed by atoms with E-state index in [0.717, 1.165) is 4.47 Å². The fourth-order valence-corrected chi connectivity index (χ4v) is 4.90. The molecule has 1 amide bonds. The van der Waals surface area contributed by atoms with Gasteiger partial charge in [-0.2, -0.15) is 4.31 Å². The van der Waals surface area contributed by atoms with Crippen LogP contribution in [0.4, 0.5) is 5.69 Å². The number of amides is 1. The number of sulfonamides is 1. The first-order valence-corrected chi connectivity index (χ1v) is 11.1. The normalized spacial score (nSPS) is 11.9. The summed E-state index contributed by atoms with van der Waals surface area (Å²) in [4.78, 5) is 12.9. The minimum atomic E-state index is -3.59. The summed E-state index contributed by atoms with van der Waals surface area (Å²) < 4.78 is 33.4. The van der Waals surface area contributed by atoms with Crippen LogP contribution in [-0.4, -0.2) is 31.7 Å². The lowest BCUT2D eigenvalue weighted by atomic mass is 10.1. The van der Waals surface area contributed by atoms with Crippen molar-refractivity contribution in [3.05, 3.63) is 58.3 Å². The van der Waals surface area contributed by atoms with Gasteiger partial charge in [-0.1, -0.05) is 26.0 Å². The van der Waals surface area contributed by atoms with Gasteiger partial charge in [0.25, 0.3) is 5.91 Å². The SMILES string of the molecule is CCN(CC)S(=O)(=O)c1ccc2oc(C(=O)Nc3ccccc3Br)c(C)c2c1. The number of carbonyl (C=O) groups is 1. The van der Waals surface area contributed by atoms with Crippen LogP contribution in [-0.2, 0) is 10.0 Å². The van der Waals surface area contributed by atoms with Gasteiger partial charge in [-0.15, -0.1) is 0 Å². The molecule has 28 heavy (non-hydrogen) atoms. The fourth-order valence-electron chi connectivity index (χ4n) is 3.03. The molecule has 0 spiro atoms. The molecule has 0 fully saturated rings. The number of hydrogen-bond donors (Lipinski definition) is 1. The average molecular weight is 465 g/mol. The molecule has 2 aromatic carbocycles. The molecule has 0 saturated carbocycles. The molecule has 0 unspecified atom stereocenters. The Balaban J connectivity index is 2.00. The number of furan rings is 1. The zero-order chi connectivity index (χ0) is 20.5. The van der Waals surface area contributed by atoms with Gasteiger partial charge in [0.1, 0.15) is 5.58 Å². The summed E-state index contributed by atoms with van der Waals surface area (Å²) in [5.74, 6) is -0.239. The average Bonchev–Trinajstić information content (AvgIpc) is 3.00. The van der Waals surface area contributed by atoms with Crippen molar-refractivity contribution in [2.24, 2.45) is 0 Å². The molecule has 0 aliphatic heterocycles. The molecule has 3 aromatic rings. The predicted molar refractivity (Wildman–Crippen MR) is 113 cm³/mol. The van der Waals surface area contributed by atoms with Crippen molar-refractivity contribution in [3.8, 4) is 0 Å². The Morgan fingerprint density at radius 3 is 2.46 bits per heavy atom. The topological polar surface area (TPSA) is 79.6 Å². The lowest BCUT2D eigenvalue weighted by Gasteiger charge is -2.18. The van der Waals surface area contributed by atoms with Gasteiger partial charge < -0.3 is 9.73 Å². The molecular weight excluding hydrogens is 444 g/mol. The number of hydrogen-bond acceptors (Lipinski definition) is 4. The van der Waals surface area contributed by atoms with Gasteiger partial charge in [0.05, 0.1) is 10.6 Å². The van der Waals surface area contributed by atoms with Crippen LogP contribution in [0.3, 0.4) is 0 Å². The van der Waals surface area contributed by atoms with E-state index in [4.69, 9.17) is 4.42 Å². The highest BCUT2D eigenvalue weighted by molar-refractivity contribution is 9.10. The molecule has 3 rings (SSSR count). The van der Waals surface area contributed by atoms with E-state index in [9.17, 15) is 13.2 Å². The van der Waals surface area contributed by atoms with E-state index in [0.29, 0.717) is 35.3 Å². The number of rotatable bonds is 6. The monoisotopic (exact) mass is 464 g/mol. The third kappa shape index (κ3) is 3.72. The lowest BCUT2D eigenvalue weighted by molar-refractivity contribution is 0.0998. The van der Waals surface area contributed by atoms with E-state index in [1.165, 1.54) is 10.4 Å². The summed E-state index contributed by atoms with van der Waals surface area (Å²) in [6, 6.07) is 11.9.